The van der Waals surface area contributed by atoms with Crippen LogP contribution in [-0.4, -0.2) is 0 Å². The smallest absolute Gasteiger partial charge is 0.125 e. The Kier molecular flexibility index (Phi) is 3.20. The van der Waals surface area contributed by atoms with Crippen LogP contribution in [0.1, 0.15) is 11.1 Å². The van der Waals surface area contributed by atoms with Gasteiger partial charge < -0.3 is 0 Å². The number of nitrogens with zero attached hydrogens (tertiary/aromatic N) is 1. The number of nitriles is 1. The first-order valence-electron chi connectivity index (χ1n) is 5.27. The van der Waals surface area contributed by atoms with E-state index < -0.39 is 5.82 Å². The average Bonchev–Trinajstić information content (AvgIpc) is 2.38. The lowest BCUT2D eigenvalue weighted by atomic mass is 9.95. The Morgan fingerprint density at radius 1 is 1.06 bits per heavy atom. The zero-order valence-electron chi connectivity index (χ0n) is 9.45. The van der Waals surface area contributed by atoms with Gasteiger partial charge in [-0.3, -0.25) is 0 Å². The number of hydrogen-bond donors (Lipinski definition) is 0. The third-order valence-electron chi connectivity index (χ3n) is 2.62. The minimum atomic E-state index is -0.503. The van der Waals surface area contributed by atoms with Crippen molar-refractivity contribution in [3.63, 3.8) is 0 Å². The predicted molar refractivity (Wildman–Crippen MR) is 66.6 cm³/mol. The van der Waals surface area contributed by atoms with Crippen molar-refractivity contribution in [2.45, 2.75) is 0 Å². The first kappa shape index (κ1) is 12.0. The van der Waals surface area contributed by atoms with Crippen LogP contribution in [0.15, 0.2) is 43.0 Å². The fraction of sp³-hybridized carbons (Fsp3) is 0. The van der Waals surface area contributed by atoms with Gasteiger partial charge in [0.1, 0.15) is 11.6 Å². The van der Waals surface area contributed by atoms with Gasteiger partial charge in [-0.25, -0.2) is 8.78 Å². The van der Waals surface area contributed by atoms with Gasteiger partial charge in [0.25, 0.3) is 0 Å². The van der Waals surface area contributed by atoms with Gasteiger partial charge in [-0.15, -0.1) is 0 Å². The molecule has 0 aliphatic rings. The lowest BCUT2D eigenvalue weighted by molar-refractivity contribution is 0.627. The Morgan fingerprint density at radius 3 is 2.28 bits per heavy atom. The Bertz CT molecular complexity index is 637. The van der Waals surface area contributed by atoms with Crippen LogP contribution in [0.3, 0.4) is 0 Å². The highest BCUT2D eigenvalue weighted by Crippen LogP contribution is 2.28. The maximum Gasteiger partial charge on any atom is 0.125 e. The van der Waals surface area contributed by atoms with E-state index in [0.717, 1.165) is 6.07 Å². The molecular formula is C15H9F2N. The summed E-state index contributed by atoms with van der Waals surface area (Å²) in [6.07, 6.45) is 1.50. The molecule has 0 aromatic heterocycles. The summed E-state index contributed by atoms with van der Waals surface area (Å²) in [6, 6.07) is 10.1. The summed E-state index contributed by atoms with van der Waals surface area (Å²) in [6.45, 7) is 3.63. The molecule has 88 valence electrons. The van der Waals surface area contributed by atoms with Gasteiger partial charge >= 0.3 is 0 Å². The van der Waals surface area contributed by atoms with E-state index in [1.807, 2.05) is 6.07 Å². The molecule has 0 aliphatic heterocycles. The number of halogens is 2. The van der Waals surface area contributed by atoms with Gasteiger partial charge in [0.15, 0.2) is 0 Å². The van der Waals surface area contributed by atoms with Crippen molar-refractivity contribution < 1.29 is 8.78 Å². The van der Waals surface area contributed by atoms with Gasteiger partial charge in [-0.05, 0) is 41.0 Å². The Balaban J connectivity index is 2.70. The van der Waals surface area contributed by atoms with Crippen molar-refractivity contribution >= 4 is 6.08 Å². The molecule has 0 saturated heterocycles. The zero-order chi connectivity index (χ0) is 13.1. The van der Waals surface area contributed by atoms with E-state index in [9.17, 15) is 8.78 Å². The second-order valence-electron chi connectivity index (χ2n) is 3.74. The molecule has 2 rings (SSSR count). The number of hydrogen-bond acceptors (Lipinski definition) is 1. The molecule has 0 aliphatic carbocycles. The average molecular weight is 241 g/mol. The molecule has 0 radical (unpaired) electrons. The van der Waals surface area contributed by atoms with E-state index in [2.05, 4.69) is 6.58 Å². The summed E-state index contributed by atoms with van der Waals surface area (Å²) in [5.74, 6) is -0.868. The Morgan fingerprint density at radius 2 is 1.72 bits per heavy atom. The highest BCUT2D eigenvalue weighted by Gasteiger charge is 2.10. The standard InChI is InChI=1S/C15H9F2N/c1-2-14-11(9-18)7-13(17)8-15(14)10-3-5-12(16)6-4-10/h2-8H,1H2. The number of benzene rings is 2. The fourth-order valence-corrected chi connectivity index (χ4v) is 1.80. The van der Waals surface area contributed by atoms with E-state index in [4.69, 9.17) is 5.26 Å². The minimum Gasteiger partial charge on any atom is -0.207 e. The predicted octanol–water partition coefficient (Wildman–Crippen LogP) is 4.15. The van der Waals surface area contributed by atoms with Crippen LogP contribution in [0.4, 0.5) is 8.78 Å². The third-order valence-corrected chi connectivity index (χ3v) is 2.62. The molecular weight excluding hydrogens is 232 g/mol. The highest BCUT2D eigenvalue weighted by molar-refractivity contribution is 5.78. The molecule has 0 fully saturated rings. The summed E-state index contributed by atoms with van der Waals surface area (Å²) < 4.78 is 26.3. The molecule has 2 aromatic carbocycles. The zero-order valence-corrected chi connectivity index (χ0v) is 9.45. The molecule has 1 nitrogen and oxygen atoms in total. The lowest BCUT2D eigenvalue weighted by Gasteiger charge is -2.08. The summed E-state index contributed by atoms with van der Waals surface area (Å²) >= 11 is 0. The van der Waals surface area contributed by atoms with Crippen molar-refractivity contribution in [3.8, 4) is 17.2 Å². The maximum absolute atomic E-state index is 13.4. The molecule has 0 unspecified atom stereocenters. The quantitative estimate of drug-likeness (QED) is 0.774. The van der Waals surface area contributed by atoms with Gasteiger partial charge in [0, 0.05) is 0 Å². The molecule has 18 heavy (non-hydrogen) atoms. The van der Waals surface area contributed by atoms with Crippen LogP contribution in [0, 0.1) is 23.0 Å². The molecule has 0 atom stereocenters. The maximum atomic E-state index is 13.4. The number of rotatable bonds is 2. The second-order valence-corrected chi connectivity index (χ2v) is 3.74. The Hall–Kier alpha value is -2.47. The van der Waals surface area contributed by atoms with Crippen LogP contribution in [0.25, 0.3) is 17.2 Å². The van der Waals surface area contributed by atoms with Crippen LogP contribution in [0.5, 0.6) is 0 Å². The van der Waals surface area contributed by atoms with Gasteiger partial charge in [-0.2, -0.15) is 5.26 Å². The summed E-state index contributed by atoms with van der Waals surface area (Å²) in [5, 5.41) is 8.97. The second kappa shape index (κ2) is 4.80. The van der Waals surface area contributed by atoms with Crippen LogP contribution >= 0.6 is 0 Å². The lowest BCUT2D eigenvalue weighted by Crippen LogP contribution is -1.91. The highest BCUT2D eigenvalue weighted by atomic mass is 19.1. The first-order valence-corrected chi connectivity index (χ1v) is 5.27. The van der Waals surface area contributed by atoms with Crippen molar-refractivity contribution in [3.05, 3.63) is 65.7 Å². The monoisotopic (exact) mass is 241 g/mol. The third kappa shape index (κ3) is 2.14. The van der Waals surface area contributed by atoms with E-state index in [1.165, 1.54) is 36.4 Å². The summed E-state index contributed by atoms with van der Waals surface area (Å²) in [7, 11) is 0. The summed E-state index contributed by atoms with van der Waals surface area (Å²) in [4.78, 5) is 0. The van der Waals surface area contributed by atoms with Gasteiger partial charge in [0.05, 0.1) is 11.6 Å². The molecule has 0 spiro atoms. The van der Waals surface area contributed by atoms with E-state index >= 15 is 0 Å². The summed E-state index contributed by atoms with van der Waals surface area (Å²) in [5.41, 5.74) is 1.93. The molecule has 0 amide bonds. The van der Waals surface area contributed by atoms with Gasteiger partial charge in [0.2, 0.25) is 0 Å². The van der Waals surface area contributed by atoms with Crippen LogP contribution < -0.4 is 0 Å². The Labute approximate surface area is 104 Å². The molecule has 0 saturated carbocycles. The molecule has 0 bridgehead atoms. The molecule has 0 N–H and O–H groups in total. The fourth-order valence-electron chi connectivity index (χ4n) is 1.80. The largest absolute Gasteiger partial charge is 0.207 e. The van der Waals surface area contributed by atoms with E-state index in [-0.39, 0.29) is 11.4 Å². The first-order chi connectivity index (χ1) is 8.65. The van der Waals surface area contributed by atoms with E-state index in [0.29, 0.717) is 16.7 Å². The van der Waals surface area contributed by atoms with Crippen LogP contribution in [-0.2, 0) is 0 Å². The van der Waals surface area contributed by atoms with E-state index in [1.54, 1.807) is 0 Å². The van der Waals surface area contributed by atoms with Crippen LogP contribution in [0.2, 0.25) is 0 Å². The molecule has 0 heterocycles. The van der Waals surface area contributed by atoms with Crippen molar-refractivity contribution in [1.29, 1.82) is 5.26 Å². The normalized spacial score (nSPS) is 9.83. The van der Waals surface area contributed by atoms with Gasteiger partial charge in [-0.1, -0.05) is 24.8 Å². The topological polar surface area (TPSA) is 23.8 Å². The molecule has 2 aromatic rings. The molecule has 3 heteroatoms. The minimum absolute atomic E-state index is 0.212. The van der Waals surface area contributed by atoms with Crippen molar-refractivity contribution in [1.82, 2.24) is 0 Å². The SMILES string of the molecule is C=Cc1c(C#N)cc(F)cc1-c1ccc(F)cc1. The van der Waals surface area contributed by atoms with Crippen molar-refractivity contribution in [2.24, 2.45) is 0 Å². The van der Waals surface area contributed by atoms with Crippen molar-refractivity contribution in [2.75, 3.05) is 0 Å².